The first-order valence-electron chi connectivity index (χ1n) is 8.54. The molecule has 2 heteroatoms. The molecule has 1 fully saturated rings. The van der Waals surface area contributed by atoms with Gasteiger partial charge in [0.1, 0.15) is 0 Å². The number of hydrogen-bond donors (Lipinski definition) is 1. The van der Waals surface area contributed by atoms with Gasteiger partial charge >= 0.3 is 0 Å². The van der Waals surface area contributed by atoms with Gasteiger partial charge in [-0.3, -0.25) is 0 Å². The molecule has 1 N–H and O–H groups in total. The van der Waals surface area contributed by atoms with Gasteiger partial charge in [0.25, 0.3) is 0 Å². The van der Waals surface area contributed by atoms with Gasteiger partial charge < -0.3 is 10.2 Å². The van der Waals surface area contributed by atoms with Crippen molar-refractivity contribution >= 4 is 0 Å². The number of rotatable bonds is 10. The maximum atomic E-state index is 3.57. The van der Waals surface area contributed by atoms with E-state index in [9.17, 15) is 0 Å². The van der Waals surface area contributed by atoms with Crippen molar-refractivity contribution in [1.82, 2.24) is 10.2 Å². The zero-order valence-corrected chi connectivity index (χ0v) is 13.8. The van der Waals surface area contributed by atoms with Gasteiger partial charge in [0, 0.05) is 6.04 Å². The van der Waals surface area contributed by atoms with Crippen LogP contribution in [0.25, 0.3) is 0 Å². The van der Waals surface area contributed by atoms with Crippen LogP contribution in [0.2, 0.25) is 0 Å². The Kier molecular flexibility index (Phi) is 8.72. The van der Waals surface area contributed by atoms with Crippen LogP contribution >= 0.6 is 0 Å². The topological polar surface area (TPSA) is 15.3 Å². The summed E-state index contributed by atoms with van der Waals surface area (Å²) in [7, 11) is 0. The predicted octanol–water partition coefficient (Wildman–Crippen LogP) is 3.91. The molecule has 0 aromatic carbocycles. The summed E-state index contributed by atoms with van der Waals surface area (Å²) in [5.41, 5.74) is 0. The Morgan fingerprint density at radius 2 is 1.68 bits per heavy atom. The maximum absolute atomic E-state index is 3.57. The van der Waals surface area contributed by atoms with E-state index in [1.807, 2.05) is 0 Å². The summed E-state index contributed by atoms with van der Waals surface area (Å²) in [5.74, 6) is 1.61. The van der Waals surface area contributed by atoms with Crippen LogP contribution in [0.1, 0.15) is 66.2 Å². The van der Waals surface area contributed by atoms with Crippen molar-refractivity contribution in [2.75, 3.05) is 26.2 Å². The quantitative estimate of drug-likeness (QED) is 0.604. The van der Waals surface area contributed by atoms with Crippen LogP contribution in [-0.4, -0.2) is 37.1 Å². The van der Waals surface area contributed by atoms with E-state index in [2.05, 4.69) is 37.9 Å². The average Bonchev–Trinajstić information content (AvgIpc) is 2.85. The SMILES string of the molecule is CC(C)CCN(CCCNCC(C)C)C1CCCC1. The molecular formula is C17H36N2. The molecule has 19 heavy (non-hydrogen) atoms. The first kappa shape index (κ1) is 17.0. The molecule has 1 aliphatic carbocycles. The molecule has 0 unspecified atom stereocenters. The smallest absolute Gasteiger partial charge is 0.00952 e. The lowest BCUT2D eigenvalue weighted by molar-refractivity contribution is 0.185. The average molecular weight is 268 g/mol. The van der Waals surface area contributed by atoms with E-state index in [0.717, 1.165) is 24.4 Å². The number of nitrogens with one attached hydrogen (secondary N) is 1. The van der Waals surface area contributed by atoms with E-state index in [4.69, 9.17) is 0 Å². The second kappa shape index (κ2) is 9.77. The molecule has 1 saturated carbocycles. The molecule has 0 atom stereocenters. The van der Waals surface area contributed by atoms with Crippen LogP contribution in [0.4, 0.5) is 0 Å². The van der Waals surface area contributed by atoms with Crippen LogP contribution in [0.3, 0.4) is 0 Å². The number of nitrogens with zero attached hydrogens (tertiary/aromatic N) is 1. The third-order valence-corrected chi connectivity index (χ3v) is 4.19. The van der Waals surface area contributed by atoms with Crippen molar-refractivity contribution in [3.63, 3.8) is 0 Å². The van der Waals surface area contributed by atoms with Crippen LogP contribution in [0, 0.1) is 11.8 Å². The van der Waals surface area contributed by atoms with E-state index in [0.29, 0.717) is 0 Å². The van der Waals surface area contributed by atoms with Gasteiger partial charge in [-0.2, -0.15) is 0 Å². The lowest BCUT2D eigenvalue weighted by Crippen LogP contribution is -2.37. The Morgan fingerprint density at radius 3 is 2.26 bits per heavy atom. The molecule has 0 amide bonds. The van der Waals surface area contributed by atoms with Gasteiger partial charge in [0.15, 0.2) is 0 Å². The molecule has 0 radical (unpaired) electrons. The fourth-order valence-corrected chi connectivity index (χ4v) is 2.97. The lowest BCUT2D eigenvalue weighted by atomic mass is 10.1. The van der Waals surface area contributed by atoms with Crippen LogP contribution in [0.15, 0.2) is 0 Å². The minimum Gasteiger partial charge on any atom is -0.316 e. The maximum Gasteiger partial charge on any atom is 0.00952 e. The first-order chi connectivity index (χ1) is 9.09. The van der Waals surface area contributed by atoms with E-state index in [-0.39, 0.29) is 0 Å². The van der Waals surface area contributed by atoms with Gasteiger partial charge in [0.05, 0.1) is 0 Å². The normalized spacial score (nSPS) is 17.2. The predicted molar refractivity (Wildman–Crippen MR) is 85.6 cm³/mol. The molecule has 1 rings (SSSR count). The summed E-state index contributed by atoms with van der Waals surface area (Å²) in [6.45, 7) is 14.2. The minimum absolute atomic E-state index is 0.770. The van der Waals surface area contributed by atoms with E-state index in [1.54, 1.807) is 0 Å². The van der Waals surface area contributed by atoms with Crippen LogP contribution in [-0.2, 0) is 0 Å². The van der Waals surface area contributed by atoms with Crippen molar-refractivity contribution in [2.24, 2.45) is 11.8 Å². The van der Waals surface area contributed by atoms with Crippen molar-refractivity contribution in [3.8, 4) is 0 Å². The summed E-state index contributed by atoms with van der Waals surface area (Å²) >= 11 is 0. The molecule has 1 aliphatic rings. The third kappa shape index (κ3) is 7.94. The summed E-state index contributed by atoms with van der Waals surface area (Å²) in [4.78, 5) is 2.78. The lowest BCUT2D eigenvalue weighted by Gasteiger charge is -2.29. The van der Waals surface area contributed by atoms with Crippen LogP contribution < -0.4 is 5.32 Å². The van der Waals surface area contributed by atoms with Gasteiger partial charge in [-0.15, -0.1) is 0 Å². The van der Waals surface area contributed by atoms with Crippen molar-refractivity contribution in [3.05, 3.63) is 0 Å². The summed E-state index contributed by atoms with van der Waals surface area (Å²) in [6.07, 6.45) is 8.45. The third-order valence-electron chi connectivity index (χ3n) is 4.19. The summed E-state index contributed by atoms with van der Waals surface area (Å²) in [6, 6.07) is 0.892. The van der Waals surface area contributed by atoms with Crippen molar-refractivity contribution in [2.45, 2.75) is 72.3 Å². The van der Waals surface area contributed by atoms with E-state index >= 15 is 0 Å². The Morgan fingerprint density at radius 1 is 1.00 bits per heavy atom. The van der Waals surface area contributed by atoms with Crippen molar-refractivity contribution in [1.29, 1.82) is 0 Å². The fraction of sp³-hybridized carbons (Fsp3) is 1.00. The van der Waals surface area contributed by atoms with Crippen LogP contribution in [0.5, 0.6) is 0 Å². The molecule has 0 aromatic heterocycles. The highest BCUT2D eigenvalue weighted by molar-refractivity contribution is 4.78. The fourth-order valence-electron chi connectivity index (χ4n) is 2.97. The molecule has 0 aliphatic heterocycles. The molecule has 0 bridgehead atoms. The zero-order valence-electron chi connectivity index (χ0n) is 13.8. The first-order valence-corrected chi connectivity index (χ1v) is 8.54. The van der Waals surface area contributed by atoms with E-state index < -0.39 is 0 Å². The Labute approximate surface area is 121 Å². The summed E-state index contributed by atoms with van der Waals surface area (Å²) < 4.78 is 0. The van der Waals surface area contributed by atoms with Gasteiger partial charge in [0.2, 0.25) is 0 Å². The highest BCUT2D eigenvalue weighted by Crippen LogP contribution is 2.24. The highest BCUT2D eigenvalue weighted by atomic mass is 15.2. The highest BCUT2D eigenvalue weighted by Gasteiger charge is 2.21. The summed E-state index contributed by atoms with van der Waals surface area (Å²) in [5, 5.41) is 3.57. The molecule has 0 heterocycles. The monoisotopic (exact) mass is 268 g/mol. The molecule has 0 spiro atoms. The van der Waals surface area contributed by atoms with Gasteiger partial charge in [-0.1, -0.05) is 40.5 Å². The number of hydrogen-bond acceptors (Lipinski definition) is 2. The Hall–Kier alpha value is -0.0800. The molecular weight excluding hydrogens is 232 g/mol. The molecule has 0 saturated heterocycles. The molecule has 2 nitrogen and oxygen atoms in total. The second-order valence-electron chi connectivity index (χ2n) is 7.11. The molecule has 0 aromatic rings. The molecule has 114 valence electrons. The largest absolute Gasteiger partial charge is 0.316 e. The second-order valence-corrected chi connectivity index (χ2v) is 7.11. The Balaban J connectivity index is 2.20. The van der Waals surface area contributed by atoms with Gasteiger partial charge in [-0.25, -0.2) is 0 Å². The standard InChI is InChI=1S/C17H36N2/c1-15(2)10-13-19(17-8-5-6-9-17)12-7-11-18-14-16(3)4/h15-18H,5-14H2,1-4H3. The minimum atomic E-state index is 0.770. The Bertz CT molecular complexity index is 207. The van der Waals surface area contributed by atoms with Gasteiger partial charge in [-0.05, 0) is 63.7 Å². The van der Waals surface area contributed by atoms with Crippen molar-refractivity contribution < 1.29 is 0 Å². The van der Waals surface area contributed by atoms with E-state index in [1.165, 1.54) is 58.2 Å². The zero-order chi connectivity index (χ0) is 14.1.